The minimum atomic E-state index is -4.40. The fraction of sp³-hybridized carbons (Fsp3) is 0.0769. The van der Waals surface area contributed by atoms with Gasteiger partial charge >= 0.3 is 6.18 Å². The van der Waals surface area contributed by atoms with Gasteiger partial charge in [-0.15, -0.1) is 0 Å². The van der Waals surface area contributed by atoms with E-state index < -0.39 is 11.7 Å². The Morgan fingerprint density at radius 3 is 2.52 bits per heavy atom. The lowest BCUT2D eigenvalue weighted by molar-refractivity contribution is -0.137. The molecule has 0 radical (unpaired) electrons. The van der Waals surface area contributed by atoms with Crippen LogP contribution < -0.4 is 10.6 Å². The van der Waals surface area contributed by atoms with Gasteiger partial charge in [-0.3, -0.25) is 0 Å². The average Bonchev–Trinajstić information content (AvgIpc) is 2.41. The Labute approximate surface area is 129 Å². The summed E-state index contributed by atoms with van der Waals surface area (Å²) in [6.45, 7) is 0. The van der Waals surface area contributed by atoms with Crippen LogP contribution in [0.3, 0.4) is 0 Å². The Balaban J connectivity index is 2.04. The van der Waals surface area contributed by atoms with E-state index in [0.717, 1.165) is 12.1 Å². The van der Waals surface area contributed by atoms with Gasteiger partial charge in [0.15, 0.2) is 5.11 Å². The molecule has 2 rings (SSSR count). The molecule has 2 aromatic rings. The molecular formula is C13H9ClF3N3S. The molecule has 1 aromatic heterocycles. The first-order valence-corrected chi connectivity index (χ1v) is 6.50. The van der Waals surface area contributed by atoms with E-state index in [0.29, 0.717) is 10.8 Å². The summed E-state index contributed by atoms with van der Waals surface area (Å²) >= 11 is 10.7. The molecule has 0 spiro atoms. The van der Waals surface area contributed by atoms with Gasteiger partial charge in [-0.25, -0.2) is 4.98 Å². The Kier molecular flexibility index (Phi) is 4.64. The van der Waals surface area contributed by atoms with E-state index >= 15 is 0 Å². The smallest absolute Gasteiger partial charge is 0.332 e. The van der Waals surface area contributed by atoms with Crippen LogP contribution in [0.4, 0.5) is 24.7 Å². The van der Waals surface area contributed by atoms with Crippen molar-refractivity contribution in [3.63, 3.8) is 0 Å². The maximum atomic E-state index is 12.6. The maximum Gasteiger partial charge on any atom is 0.416 e. The summed E-state index contributed by atoms with van der Waals surface area (Å²) < 4.78 is 37.8. The quantitative estimate of drug-likeness (QED) is 0.791. The van der Waals surface area contributed by atoms with E-state index in [4.69, 9.17) is 23.8 Å². The number of aromatic nitrogens is 1. The van der Waals surface area contributed by atoms with Crippen LogP contribution in [0.5, 0.6) is 0 Å². The number of pyridine rings is 1. The molecule has 0 bridgehead atoms. The number of rotatable bonds is 2. The molecule has 0 atom stereocenters. The molecule has 3 nitrogen and oxygen atoms in total. The van der Waals surface area contributed by atoms with E-state index in [-0.39, 0.29) is 10.8 Å². The van der Waals surface area contributed by atoms with Crippen molar-refractivity contribution in [2.24, 2.45) is 0 Å². The number of benzene rings is 1. The van der Waals surface area contributed by atoms with Crippen molar-refractivity contribution >= 4 is 40.4 Å². The van der Waals surface area contributed by atoms with Crippen molar-refractivity contribution in [1.82, 2.24) is 4.98 Å². The Morgan fingerprint density at radius 2 is 1.90 bits per heavy atom. The van der Waals surface area contributed by atoms with E-state index in [9.17, 15) is 13.2 Å². The second-order valence-electron chi connectivity index (χ2n) is 4.02. The van der Waals surface area contributed by atoms with Crippen molar-refractivity contribution < 1.29 is 13.2 Å². The molecule has 0 saturated heterocycles. The lowest BCUT2D eigenvalue weighted by Crippen LogP contribution is -2.20. The topological polar surface area (TPSA) is 37.0 Å². The minimum absolute atomic E-state index is 0.129. The van der Waals surface area contributed by atoms with Crippen molar-refractivity contribution in [2.75, 3.05) is 10.6 Å². The van der Waals surface area contributed by atoms with E-state index in [2.05, 4.69) is 15.6 Å². The summed E-state index contributed by atoms with van der Waals surface area (Å²) in [5.74, 6) is 0.434. The predicted molar refractivity (Wildman–Crippen MR) is 80.5 cm³/mol. The van der Waals surface area contributed by atoms with Crippen LogP contribution >= 0.6 is 23.8 Å². The zero-order valence-electron chi connectivity index (χ0n) is 10.4. The number of nitrogens with zero attached hydrogens (tertiary/aromatic N) is 1. The summed E-state index contributed by atoms with van der Waals surface area (Å²) in [6, 6.07) is 7.96. The van der Waals surface area contributed by atoms with Gasteiger partial charge in [-0.1, -0.05) is 17.7 Å². The second kappa shape index (κ2) is 6.28. The zero-order chi connectivity index (χ0) is 15.5. The van der Waals surface area contributed by atoms with Crippen LogP contribution in [0.1, 0.15) is 5.56 Å². The first kappa shape index (κ1) is 15.5. The molecular weight excluding hydrogens is 323 g/mol. The molecule has 0 fully saturated rings. The van der Waals surface area contributed by atoms with Crippen LogP contribution in [-0.2, 0) is 6.18 Å². The molecule has 2 N–H and O–H groups in total. The highest BCUT2D eigenvalue weighted by atomic mass is 35.5. The molecule has 1 heterocycles. The molecule has 0 unspecified atom stereocenters. The fourth-order valence-corrected chi connectivity index (χ4v) is 1.84. The monoisotopic (exact) mass is 331 g/mol. The number of hydrogen-bond donors (Lipinski definition) is 2. The van der Waals surface area contributed by atoms with Gasteiger partial charge in [0.05, 0.1) is 10.6 Å². The number of hydrogen-bond acceptors (Lipinski definition) is 2. The van der Waals surface area contributed by atoms with Gasteiger partial charge in [0, 0.05) is 11.9 Å². The van der Waals surface area contributed by atoms with Crippen LogP contribution in [0.2, 0.25) is 5.02 Å². The lowest BCUT2D eigenvalue weighted by Gasteiger charge is -2.12. The lowest BCUT2D eigenvalue weighted by atomic mass is 10.2. The molecule has 1 aromatic carbocycles. The van der Waals surface area contributed by atoms with Crippen LogP contribution in [-0.4, -0.2) is 10.1 Å². The standard InChI is InChI=1S/C13H9ClF3N3S/c14-9-4-5-11(18-7-9)20-12(21)19-10-3-1-2-8(6-10)13(15,16)17/h1-7H,(H2,18,19,20,21). The van der Waals surface area contributed by atoms with Gasteiger partial charge in [-0.2, -0.15) is 13.2 Å². The van der Waals surface area contributed by atoms with Crippen molar-refractivity contribution in [2.45, 2.75) is 6.18 Å². The summed E-state index contributed by atoms with van der Waals surface area (Å²) in [5.41, 5.74) is -0.517. The van der Waals surface area contributed by atoms with Crippen LogP contribution in [0, 0.1) is 0 Å². The van der Waals surface area contributed by atoms with Gasteiger partial charge in [0.2, 0.25) is 0 Å². The number of anilines is 2. The van der Waals surface area contributed by atoms with Crippen LogP contribution in [0.15, 0.2) is 42.6 Å². The molecule has 0 saturated carbocycles. The highest BCUT2D eigenvalue weighted by Gasteiger charge is 2.30. The van der Waals surface area contributed by atoms with Gasteiger partial charge in [0.25, 0.3) is 0 Å². The SMILES string of the molecule is FC(F)(F)c1cccc(NC(=S)Nc2ccc(Cl)cn2)c1. The number of nitrogens with one attached hydrogen (secondary N) is 2. The molecule has 110 valence electrons. The summed E-state index contributed by atoms with van der Waals surface area (Å²) in [5, 5.41) is 6.01. The Bertz CT molecular complexity index is 644. The first-order chi connectivity index (χ1) is 9.84. The third-order valence-corrected chi connectivity index (χ3v) is 2.84. The van der Waals surface area contributed by atoms with E-state index in [1.807, 2.05) is 0 Å². The van der Waals surface area contributed by atoms with Gasteiger partial charge in [-0.05, 0) is 42.5 Å². The Morgan fingerprint density at radius 1 is 1.14 bits per heavy atom. The van der Waals surface area contributed by atoms with Gasteiger partial charge < -0.3 is 10.6 Å². The van der Waals surface area contributed by atoms with Crippen molar-refractivity contribution in [3.05, 3.63) is 53.2 Å². The predicted octanol–water partition coefficient (Wildman–Crippen LogP) is 4.56. The number of alkyl halides is 3. The fourth-order valence-electron chi connectivity index (χ4n) is 1.50. The number of thiocarbonyl (C=S) groups is 1. The zero-order valence-corrected chi connectivity index (χ0v) is 12.0. The molecule has 8 heteroatoms. The highest BCUT2D eigenvalue weighted by Crippen LogP contribution is 2.30. The van der Waals surface area contributed by atoms with Crippen LogP contribution in [0.25, 0.3) is 0 Å². The van der Waals surface area contributed by atoms with Crippen molar-refractivity contribution in [3.8, 4) is 0 Å². The molecule has 21 heavy (non-hydrogen) atoms. The molecule has 0 aliphatic heterocycles. The van der Waals surface area contributed by atoms with Gasteiger partial charge in [0.1, 0.15) is 5.82 Å². The summed E-state index contributed by atoms with van der Waals surface area (Å²) in [6.07, 6.45) is -2.97. The summed E-state index contributed by atoms with van der Waals surface area (Å²) in [7, 11) is 0. The maximum absolute atomic E-state index is 12.6. The number of halogens is 4. The van der Waals surface area contributed by atoms with E-state index in [1.165, 1.54) is 18.3 Å². The first-order valence-electron chi connectivity index (χ1n) is 5.71. The average molecular weight is 332 g/mol. The third kappa shape index (κ3) is 4.57. The summed E-state index contributed by atoms with van der Waals surface area (Å²) in [4.78, 5) is 3.97. The molecule has 0 amide bonds. The van der Waals surface area contributed by atoms with Crippen molar-refractivity contribution in [1.29, 1.82) is 0 Å². The normalized spacial score (nSPS) is 11.0. The second-order valence-corrected chi connectivity index (χ2v) is 4.86. The molecule has 0 aliphatic carbocycles. The minimum Gasteiger partial charge on any atom is -0.332 e. The third-order valence-electron chi connectivity index (χ3n) is 2.42. The van der Waals surface area contributed by atoms with E-state index in [1.54, 1.807) is 12.1 Å². The Hall–Kier alpha value is -1.86. The highest BCUT2D eigenvalue weighted by molar-refractivity contribution is 7.80. The largest absolute Gasteiger partial charge is 0.416 e. The molecule has 0 aliphatic rings.